The van der Waals surface area contributed by atoms with Gasteiger partial charge in [0, 0.05) is 0 Å². The number of amides is 1. The Labute approximate surface area is 187 Å². The number of aliphatic carboxylic acids is 1. The number of para-hydroxylation sites is 2. The summed E-state index contributed by atoms with van der Waals surface area (Å²) >= 11 is 2.19. The average Bonchev–Trinajstić information content (AvgIpc) is 2.75. The first-order valence-corrected chi connectivity index (χ1v) is 10.0. The second-order valence-corrected chi connectivity index (χ2v) is 7.28. The molecule has 0 aliphatic heterocycles. The second kappa shape index (κ2) is 10.4. The molecule has 0 bridgehead atoms. The molecule has 0 aliphatic carbocycles. The van der Waals surface area contributed by atoms with E-state index in [1.807, 2.05) is 30.3 Å². The minimum Gasteiger partial charge on any atom is -0.484 e. The minimum atomic E-state index is -1.25. The highest BCUT2D eigenvalue weighted by molar-refractivity contribution is 14.1. The van der Waals surface area contributed by atoms with Gasteiger partial charge in [0.15, 0.2) is 6.61 Å². The van der Waals surface area contributed by atoms with Gasteiger partial charge in [0.05, 0.1) is 3.57 Å². The molecule has 0 aromatic heterocycles. The van der Waals surface area contributed by atoms with Gasteiger partial charge in [-0.2, -0.15) is 0 Å². The maximum Gasteiger partial charge on any atom is 0.352 e. The third-order valence-electron chi connectivity index (χ3n) is 3.87. The number of ether oxygens (including phenoxy) is 2. The Morgan fingerprint density at radius 3 is 2.23 bits per heavy atom. The van der Waals surface area contributed by atoms with Gasteiger partial charge in [0.1, 0.15) is 22.9 Å². The van der Waals surface area contributed by atoms with Crippen molar-refractivity contribution in [2.24, 2.45) is 0 Å². The van der Waals surface area contributed by atoms with Crippen LogP contribution in [0.4, 0.5) is 0 Å². The van der Waals surface area contributed by atoms with Crippen LogP contribution in [0.2, 0.25) is 0 Å². The lowest BCUT2D eigenvalue weighted by atomic mass is 10.2. The number of carbonyl (C=O) groups excluding carboxylic acids is 1. The number of carboxylic acids is 1. The molecule has 3 aromatic rings. The summed E-state index contributed by atoms with van der Waals surface area (Å²) in [5, 5.41) is 11.8. The van der Waals surface area contributed by atoms with E-state index >= 15 is 0 Å². The maximum atomic E-state index is 12.0. The van der Waals surface area contributed by atoms with Gasteiger partial charge in [0.25, 0.3) is 5.91 Å². The molecule has 3 aromatic carbocycles. The van der Waals surface area contributed by atoms with Crippen molar-refractivity contribution < 1.29 is 24.2 Å². The van der Waals surface area contributed by atoms with E-state index in [2.05, 4.69) is 27.9 Å². The Kier molecular flexibility index (Phi) is 7.45. The molecule has 2 N–H and O–H groups in total. The monoisotopic (exact) mass is 515 g/mol. The normalized spacial score (nSPS) is 10.9. The molecule has 1 amide bonds. The fraction of sp³-hybridized carbons (Fsp3) is 0.0435. The van der Waals surface area contributed by atoms with Gasteiger partial charge in [-0.05, 0) is 70.6 Å². The van der Waals surface area contributed by atoms with Crippen LogP contribution >= 0.6 is 22.6 Å². The van der Waals surface area contributed by atoms with Crippen LogP contribution in [0, 0.1) is 3.57 Å². The topological polar surface area (TPSA) is 84.9 Å². The summed E-state index contributed by atoms with van der Waals surface area (Å²) in [6.45, 7) is -0.295. The molecule has 0 saturated heterocycles. The molecule has 0 unspecified atom stereocenters. The van der Waals surface area contributed by atoms with E-state index in [1.54, 1.807) is 48.5 Å². The van der Waals surface area contributed by atoms with E-state index in [-0.39, 0.29) is 12.3 Å². The number of nitrogens with one attached hydrogen (secondary N) is 1. The molecule has 30 heavy (non-hydrogen) atoms. The maximum absolute atomic E-state index is 12.0. The quantitative estimate of drug-likeness (QED) is 0.336. The molecule has 0 heterocycles. The summed E-state index contributed by atoms with van der Waals surface area (Å²) in [7, 11) is 0. The lowest BCUT2D eigenvalue weighted by Crippen LogP contribution is -2.31. The summed E-state index contributed by atoms with van der Waals surface area (Å²) in [4.78, 5) is 23.6. The van der Waals surface area contributed by atoms with Gasteiger partial charge in [-0.15, -0.1) is 0 Å². The van der Waals surface area contributed by atoms with Gasteiger partial charge in [-0.3, -0.25) is 4.79 Å². The number of hydrogen-bond donors (Lipinski definition) is 2. The van der Waals surface area contributed by atoms with E-state index in [4.69, 9.17) is 9.47 Å². The predicted octanol–water partition coefficient (Wildman–Crippen LogP) is 4.70. The van der Waals surface area contributed by atoms with Crippen LogP contribution in [-0.4, -0.2) is 23.6 Å². The fourth-order valence-corrected chi connectivity index (χ4v) is 2.95. The van der Waals surface area contributed by atoms with E-state index in [0.29, 0.717) is 17.1 Å². The van der Waals surface area contributed by atoms with Crippen molar-refractivity contribution in [2.45, 2.75) is 0 Å². The first-order valence-electron chi connectivity index (χ1n) is 8.96. The van der Waals surface area contributed by atoms with Gasteiger partial charge >= 0.3 is 5.97 Å². The molecule has 7 heteroatoms. The lowest BCUT2D eigenvalue weighted by molar-refractivity contribution is -0.134. The van der Waals surface area contributed by atoms with Crippen LogP contribution in [0.3, 0.4) is 0 Å². The molecule has 0 radical (unpaired) electrons. The number of rotatable bonds is 8. The molecular formula is C23H18INO5. The van der Waals surface area contributed by atoms with Crippen LogP contribution < -0.4 is 14.8 Å². The number of carboxylic acid groups (broad SMARTS) is 1. The van der Waals surface area contributed by atoms with Crippen molar-refractivity contribution >= 4 is 40.5 Å². The van der Waals surface area contributed by atoms with E-state index < -0.39 is 11.9 Å². The zero-order valence-corrected chi connectivity index (χ0v) is 17.9. The van der Waals surface area contributed by atoms with Crippen LogP contribution in [-0.2, 0) is 9.59 Å². The Morgan fingerprint density at radius 2 is 1.57 bits per heavy atom. The highest BCUT2D eigenvalue weighted by atomic mass is 127. The number of carbonyl (C=O) groups is 2. The molecular weight excluding hydrogens is 497 g/mol. The van der Waals surface area contributed by atoms with E-state index in [1.165, 1.54) is 6.08 Å². The molecule has 0 fully saturated rings. The molecule has 0 spiro atoms. The van der Waals surface area contributed by atoms with Crippen molar-refractivity contribution in [3.8, 4) is 17.2 Å². The van der Waals surface area contributed by atoms with E-state index in [9.17, 15) is 14.7 Å². The van der Waals surface area contributed by atoms with Crippen LogP contribution in [0.1, 0.15) is 5.56 Å². The number of hydrogen-bond acceptors (Lipinski definition) is 4. The minimum absolute atomic E-state index is 0.247. The Hall–Kier alpha value is -3.33. The average molecular weight is 515 g/mol. The van der Waals surface area contributed by atoms with Crippen LogP contribution in [0.25, 0.3) is 6.08 Å². The summed E-state index contributed by atoms with van der Waals surface area (Å²) in [5.74, 6) is 0.0669. The Bertz CT molecular complexity index is 1050. The smallest absolute Gasteiger partial charge is 0.352 e. The first kappa shape index (κ1) is 21.4. The highest BCUT2D eigenvalue weighted by Gasteiger charge is 2.12. The van der Waals surface area contributed by atoms with Crippen molar-refractivity contribution in [1.29, 1.82) is 0 Å². The van der Waals surface area contributed by atoms with Gasteiger partial charge < -0.3 is 19.9 Å². The first-order chi connectivity index (χ1) is 14.5. The third-order valence-corrected chi connectivity index (χ3v) is 4.76. The van der Waals surface area contributed by atoms with Crippen molar-refractivity contribution in [1.82, 2.24) is 5.32 Å². The zero-order chi connectivity index (χ0) is 21.3. The van der Waals surface area contributed by atoms with Gasteiger partial charge in [-0.1, -0.05) is 42.5 Å². The van der Waals surface area contributed by atoms with Crippen LogP contribution in [0.15, 0.2) is 84.6 Å². The van der Waals surface area contributed by atoms with E-state index in [0.717, 1.165) is 9.32 Å². The predicted molar refractivity (Wildman–Crippen MR) is 121 cm³/mol. The molecule has 0 aliphatic rings. The van der Waals surface area contributed by atoms with Crippen molar-refractivity contribution in [3.05, 3.63) is 93.7 Å². The van der Waals surface area contributed by atoms with Crippen molar-refractivity contribution in [3.63, 3.8) is 0 Å². The summed E-state index contributed by atoms with van der Waals surface area (Å²) in [6.07, 6.45) is 1.37. The number of halogens is 1. The zero-order valence-electron chi connectivity index (χ0n) is 15.7. The molecule has 152 valence electrons. The summed E-state index contributed by atoms with van der Waals surface area (Å²) in [6, 6.07) is 23.3. The molecule has 0 saturated carbocycles. The third kappa shape index (κ3) is 6.35. The Balaban J connectivity index is 1.63. The lowest BCUT2D eigenvalue weighted by Gasteiger charge is -2.09. The van der Waals surface area contributed by atoms with Crippen molar-refractivity contribution in [2.75, 3.05) is 6.61 Å². The van der Waals surface area contributed by atoms with Gasteiger partial charge in [0.2, 0.25) is 0 Å². The highest BCUT2D eigenvalue weighted by Crippen LogP contribution is 2.26. The fourth-order valence-electron chi connectivity index (χ4n) is 2.46. The van der Waals surface area contributed by atoms with Gasteiger partial charge in [-0.25, -0.2) is 4.79 Å². The molecule has 0 atom stereocenters. The van der Waals surface area contributed by atoms with Crippen LogP contribution in [0.5, 0.6) is 17.2 Å². The standard InChI is InChI=1S/C23H18INO5/c24-19-8-4-5-9-21(19)30-18-12-10-16(11-13-18)14-20(23(27)28)25-22(26)15-29-17-6-2-1-3-7-17/h1-14H,15H2,(H,25,26)(H,27,28)/b20-14+. The Morgan fingerprint density at radius 1 is 0.900 bits per heavy atom. The largest absolute Gasteiger partial charge is 0.484 e. The summed E-state index contributed by atoms with van der Waals surface area (Å²) < 4.78 is 12.1. The molecule has 6 nitrogen and oxygen atoms in total. The molecule has 3 rings (SSSR count). The summed E-state index contributed by atoms with van der Waals surface area (Å²) in [5.41, 5.74) is 0.356. The SMILES string of the molecule is O=C(COc1ccccc1)N/C(=C/c1ccc(Oc2ccccc2I)cc1)C(=O)O. The second-order valence-electron chi connectivity index (χ2n) is 6.11. The number of benzene rings is 3.